The highest BCUT2D eigenvalue weighted by atomic mass is 16.8. The van der Waals surface area contributed by atoms with Crippen LogP contribution in [-0.4, -0.2) is 266 Å². The molecule has 592 valence electrons. The molecule has 0 aromatic rings. The zero-order valence-electron chi connectivity index (χ0n) is 62.8. The minimum atomic E-state index is -0.787. The predicted molar refractivity (Wildman–Crippen MR) is 378 cm³/mol. The summed E-state index contributed by atoms with van der Waals surface area (Å²) in [5, 5.41) is 40.4. The van der Waals surface area contributed by atoms with Crippen LogP contribution in [0.1, 0.15) is 194 Å². The molecule has 20 aliphatic rings. The van der Waals surface area contributed by atoms with Crippen LogP contribution < -0.4 is 0 Å². The molecule has 0 radical (unpaired) electrons. The number of ketones is 2. The van der Waals surface area contributed by atoms with Crippen LogP contribution in [0.15, 0.2) is 48.6 Å². The Morgan fingerprint density at radius 2 is 0.774 bits per heavy atom. The number of rotatable bonds is 10. The Hall–Kier alpha value is -2.58. The largest absolute Gasteiger partial charge is 0.396 e. The second-order valence-electron chi connectivity index (χ2n) is 35.4. The first-order chi connectivity index (χ1) is 51.2. The van der Waals surface area contributed by atoms with Crippen molar-refractivity contribution in [3.05, 3.63) is 48.6 Å². The molecule has 106 heavy (non-hydrogen) atoms. The van der Waals surface area contributed by atoms with E-state index in [0.717, 1.165) is 99.3 Å². The van der Waals surface area contributed by atoms with Gasteiger partial charge in [0.25, 0.3) is 0 Å². The average Bonchev–Trinajstić information content (AvgIpc) is 1.55. The van der Waals surface area contributed by atoms with Crippen LogP contribution in [0.2, 0.25) is 0 Å². The highest BCUT2D eigenvalue weighted by molar-refractivity contribution is 5.80. The van der Waals surface area contributed by atoms with Gasteiger partial charge in [0.1, 0.15) is 72.6 Å². The number of ether oxygens (including phenoxy) is 18. The minimum Gasteiger partial charge on any atom is -0.396 e. The van der Waals surface area contributed by atoms with Crippen LogP contribution in [-0.2, 0) is 94.9 Å². The maximum atomic E-state index is 14.1. The van der Waals surface area contributed by atoms with Crippen molar-refractivity contribution in [2.75, 3.05) is 27.4 Å². The molecule has 24 heteroatoms. The minimum absolute atomic E-state index is 0.0237. The molecule has 38 atom stereocenters. The maximum absolute atomic E-state index is 14.1. The monoisotopic (exact) mass is 1490 g/mol. The van der Waals surface area contributed by atoms with Crippen molar-refractivity contribution in [2.24, 2.45) is 23.7 Å². The SMILES string of the molecule is C=C1CC2CCC34CC5OC6C(OC7CCC(CC(=O)CC8C(CC9OC(CCC1O2)CC(C)C9=C)OC(CC(O)CCO)C8OC)OC7C6O3)C5O4.C=C1CC2CCC34CC5OC6C(OC7CCC(CC(=O)CC8C(CC9OC(CCC1O2)CC(C)C9=C)OC(CC(O)CCO)C8OC)OC7C6O3)C5O4. The summed E-state index contributed by atoms with van der Waals surface area (Å²) < 4.78 is 120. The normalized spacial score (nSPS) is 51.6. The number of Topliss-reactive ketones (excluding diaryl/α,β-unsaturated/α-hetero) is 2. The van der Waals surface area contributed by atoms with E-state index in [0.29, 0.717) is 64.2 Å². The number of fused-ring (bicyclic) bond motifs is 12. The quantitative estimate of drug-likeness (QED) is 0.152. The van der Waals surface area contributed by atoms with Gasteiger partial charge in [-0.05, 0) is 137 Å². The number of hydrogen-bond donors (Lipinski definition) is 4. The van der Waals surface area contributed by atoms with E-state index in [9.17, 15) is 30.0 Å². The molecule has 20 fully saturated rings. The fraction of sp³-hybridized carbons (Fsp3) is 0.878. The van der Waals surface area contributed by atoms with Gasteiger partial charge in [0, 0.05) is 116 Å². The van der Waals surface area contributed by atoms with Crippen molar-refractivity contribution in [2.45, 2.75) is 401 Å². The Labute approximate surface area is 624 Å². The molecule has 2 spiro atoms. The number of methoxy groups -OCH3 is 2. The maximum Gasteiger partial charge on any atom is 0.172 e. The average molecular weight is 1490 g/mol. The summed E-state index contributed by atoms with van der Waals surface area (Å²) in [6, 6.07) is 0. The Kier molecular flexibility index (Phi) is 22.5. The van der Waals surface area contributed by atoms with Crippen molar-refractivity contribution in [3.8, 4) is 0 Å². The first kappa shape index (κ1) is 76.1. The van der Waals surface area contributed by atoms with Gasteiger partial charge >= 0.3 is 0 Å². The van der Waals surface area contributed by atoms with E-state index in [4.69, 9.17) is 85.3 Å². The summed E-state index contributed by atoms with van der Waals surface area (Å²) in [5.74, 6) is -1.34. The van der Waals surface area contributed by atoms with Crippen molar-refractivity contribution in [1.82, 2.24) is 0 Å². The molecular formula is C82H120O24. The number of aliphatic hydroxyl groups is 4. The van der Waals surface area contributed by atoms with Gasteiger partial charge in [-0.1, -0.05) is 40.2 Å². The second-order valence-corrected chi connectivity index (χ2v) is 35.4. The Morgan fingerprint density at radius 3 is 1.19 bits per heavy atom. The van der Waals surface area contributed by atoms with Crippen LogP contribution in [0.3, 0.4) is 0 Å². The molecule has 20 heterocycles. The van der Waals surface area contributed by atoms with E-state index in [1.165, 1.54) is 0 Å². The molecule has 20 aliphatic heterocycles. The van der Waals surface area contributed by atoms with E-state index in [1.54, 1.807) is 14.2 Å². The summed E-state index contributed by atoms with van der Waals surface area (Å²) in [7, 11) is 3.30. The van der Waals surface area contributed by atoms with E-state index in [1.807, 2.05) is 0 Å². The molecule has 0 saturated carbocycles. The summed E-state index contributed by atoms with van der Waals surface area (Å²) in [5.41, 5.74) is 4.36. The smallest absolute Gasteiger partial charge is 0.172 e. The molecule has 0 aromatic heterocycles. The molecule has 0 amide bonds. The Bertz CT molecular complexity index is 2980. The van der Waals surface area contributed by atoms with Gasteiger partial charge in [0.15, 0.2) is 11.6 Å². The van der Waals surface area contributed by atoms with Crippen LogP contribution in [0.4, 0.5) is 0 Å². The molecule has 0 aliphatic carbocycles. The zero-order valence-corrected chi connectivity index (χ0v) is 62.8. The first-order valence-corrected chi connectivity index (χ1v) is 41.2. The third kappa shape index (κ3) is 15.0. The molecule has 4 N–H and O–H groups in total. The van der Waals surface area contributed by atoms with E-state index >= 15 is 0 Å². The summed E-state index contributed by atoms with van der Waals surface area (Å²) in [6.45, 7) is 22.0. The highest BCUT2D eigenvalue weighted by Gasteiger charge is 2.71. The third-order valence-electron chi connectivity index (χ3n) is 28.3. The van der Waals surface area contributed by atoms with Gasteiger partial charge in [0.05, 0.1) is 134 Å². The van der Waals surface area contributed by atoms with Crippen molar-refractivity contribution >= 4 is 11.6 Å². The van der Waals surface area contributed by atoms with Crippen molar-refractivity contribution in [1.29, 1.82) is 0 Å². The van der Waals surface area contributed by atoms with Gasteiger partial charge in [-0.2, -0.15) is 0 Å². The van der Waals surface area contributed by atoms with Gasteiger partial charge < -0.3 is 106 Å². The number of aliphatic hydroxyl groups excluding tert-OH is 4. The number of carbonyl (C=O) groups excluding carboxylic acids is 2. The van der Waals surface area contributed by atoms with Crippen LogP contribution in [0.5, 0.6) is 0 Å². The van der Waals surface area contributed by atoms with Crippen LogP contribution >= 0.6 is 0 Å². The Morgan fingerprint density at radius 1 is 0.396 bits per heavy atom. The first-order valence-electron chi connectivity index (χ1n) is 41.2. The van der Waals surface area contributed by atoms with E-state index < -0.39 is 48.2 Å². The van der Waals surface area contributed by atoms with Crippen LogP contribution in [0, 0.1) is 23.7 Å². The molecular weight excluding hydrogens is 1370 g/mol. The molecule has 20 saturated heterocycles. The van der Waals surface area contributed by atoms with E-state index in [-0.39, 0.29) is 246 Å². The summed E-state index contributed by atoms with van der Waals surface area (Å²) in [4.78, 5) is 28.2. The highest BCUT2D eigenvalue weighted by Crippen LogP contribution is 2.57. The lowest BCUT2D eigenvalue weighted by atomic mass is 9.81. The summed E-state index contributed by atoms with van der Waals surface area (Å²) >= 11 is 0. The van der Waals surface area contributed by atoms with Crippen molar-refractivity contribution < 1.29 is 115 Å². The van der Waals surface area contributed by atoms with Gasteiger partial charge in [-0.25, -0.2) is 0 Å². The number of carbonyl (C=O) groups is 2. The second kappa shape index (κ2) is 31.3. The fourth-order valence-corrected chi connectivity index (χ4v) is 22.9. The zero-order chi connectivity index (χ0) is 73.2. The fourth-order valence-electron chi connectivity index (χ4n) is 22.9. The van der Waals surface area contributed by atoms with Crippen molar-refractivity contribution in [3.63, 3.8) is 0 Å². The number of hydrogen-bond acceptors (Lipinski definition) is 24. The molecule has 24 bridgehead atoms. The molecule has 24 nitrogen and oxygen atoms in total. The third-order valence-corrected chi connectivity index (χ3v) is 28.3. The lowest BCUT2D eigenvalue weighted by Gasteiger charge is -2.47. The standard InChI is InChI=1S/2C41H60O12/c2*1-20-13-25-5-7-29-21(2)14-27(46-29)9-11-41-19-34-37(52-41)38-39(51-34)40(53-41)36-30(50-38)8-6-26(48-36)15-24(44)16-28-32(18-31(47-25)22(20)3)49-33(35(28)45-4)17-23(43)10-12-42/h2*20,23,25-40,42-43H,2-3,5-19H2,1,4H3. The Balaban J connectivity index is 0.000000156. The molecule has 20 rings (SSSR count). The summed E-state index contributed by atoms with van der Waals surface area (Å²) in [6.07, 6.45) is 9.55. The predicted octanol–water partition coefficient (Wildman–Crippen LogP) is 7.72. The lowest BCUT2D eigenvalue weighted by molar-refractivity contribution is -0.292. The molecule has 38 unspecified atom stereocenters. The van der Waals surface area contributed by atoms with Gasteiger partial charge in [-0.15, -0.1) is 0 Å². The topological polar surface area (TPSA) is 281 Å². The van der Waals surface area contributed by atoms with Gasteiger partial charge in [0.2, 0.25) is 0 Å². The van der Waals surface area contributed by atoms with Crippen LogP contribution in [0.25, 0.3) is 0 Å². The molecule has 0 aromatic carbocycles. The van der Waals surface area contributed by atoms with E-state index in [2.05, 4.69) is 40.2 Å². The lowest BCUT2D eigenvalue weighted by Crippen LogP contribution is -2.61. The van der Waals surface area contributed by atoms with Gasteiger partial charge in [-0.3, -0.25) is 9.59 Å².